The maximum atomic E-state index is 2.40. The Morgan fingerprint density at radius 1 is 1.14 bits per heavy atom. The molecule has 0 aromatic heterocycles. The van der Waals surface area contributed by atoms with Crippen molar-refractivity contribution in [2.75, 3.05) is 0 Å². The summed E-state index contributed by atoms with van der Waals surface area (Å²) in [6.45, 7) is 7.16. The summed E-state index contributed by atoms with van der Waals surface area (Å²) >= 11 is 0. The fourth-order valence-electron chi connectivity index (χ4n) is 3.63. The van der Waals surface area contributed by atoms with Gasteiger partial charge in [0.1, 0.15) is 0 Å². The van der Waals surface area contributed by atoms with E-state index >= 15 is 0 Å². The monoisotopic (exact) mass is 194 g/mol. The summed E-state index contributed by atoms with van der Waals surface area (Å²) in [4.78, 5) is 0. The summed E-state index contributed by atoms with van der Waals surface area (Å²) in [6, 6.07) is 0. The quantitative estimate of drug-likeness (QED) is 0.601. The molecule has 0 aromatic rings. The van der Waals surface area contributed by atoms with E-state index in [-0.39, 0.29) is 0 Å². The Morgan fingerprint density at radius 3 is 2.14 bits per heavy atom. The standard InChI is InChI=1S/C14H26/c1-4-12-5-7-14(8-6-12)9-13(10-14)11(2)3/h11-13H,4-10H2,1-3H3. The number of hydrogen-bond acceptors (Lipinski definition) is 0. The molecular weight excluding hydrogens is 168 g/mol. The van der Waals surface area contributed by atoms with Crippen molar-refractivity contribution in [2.45, 2.75) is 65.7 Å². The average molecular weight is 194 g/mol. The third-order valence-electron chi connectivity index (χ3n) is 5.08. The molecule has 1 spiro atoms. The van der Waals surface area contributed by atoms with Crippen LogP contribution >= 0.6 is 0 Å². The Bertz CT molecular complexity index is 176. The summed E-state index contributed by atoms with van der Waals surface area (Å²) in [6.07, 6.45) is 10.7. The highest BCUT2D eigenvalue weighted by Gasteiger charge is 2.46. The molecule has 0 nitrogen and oxygen atoms in total. The third-order valence-corrected chi connectivity index (χ3v) is 5.08. The second-order valence-electron chi connectivity index (χ2n) is 6.26. The predicted molar refractivity (Wildman–Crippen MR) is 62.2 cm³/mol. The Labute approximate surface area is 89.5 Å². The van der Waals surface area contributed by atoms with Crippen LogP contribution in [0.3, 0.4) is 0 Å². The molecule has 0 N–H and O–H groups in total. The first-order valence-electron chi connectivity index (χ1n) is 6.65. The lowest BCUT2D eigenvalue weighted by atomic mass is 9.52. The zero-order valence-electron chi connectivity index (χ0n) is 10.2. The molecule has 0 saturated heterocycles. The fourth-order valence-corrected chi connectivity index (χ4v) is 3.63. The minimum Gasteiger partial charge on any atom is -0.0651 e. The molecule has 0 aromatic carbocycles. The zero-order valence-corrected chi connectivity index (χ0v) is 10.2. The molecule has 0 amide bonds. The molecule has 2 aliphatic rings. The Hall–Kier alpha value is 0. The van der Waals surface area contributed by atoms with E-state index in [0.29, 0.717) is 0 Å². The van der Waals surface area contributed by atoms with Crippen LogP contribution in [-0.2, 0) is 0 Å². The highest BCUT2D eigenvalue weighted by Crippen LogP contribution is 2.57. The van der Waals surface area contributed by atoms with Gasteiger partial charge in [0, 0.05) is 0 Å². The summed E-state index contributed by atoms with van der Waals surface area (Å²) in [7, 11) is 0. The molecule has 0 aliphatic heterocycles. The van der Waals surface area contributed by atoms with Gasteiger partial charge in [-0.15, -0.1) is 0 Å². The highest BCUT2D eigenvalue weighted by atomic mass is 14.5. The van der Waals surface area contributed by atoms with Gasteiger partial charge >= 0.3 is 0 Å². The van der Waals surface area contributed by atoms with Crippen LogP contribution in [0.15, 0.2) is 0 Å². The topological polar surface area (TPSA) is 0 Å². The lowest BCUT2D eigenvalue weighted by Gasteiger charge is -2.53. The van der Waals surface area contributed by atoms with Gasteiger partial charge in [0.25, 0.3) is 0 Å². The molecule has 2 aliphatic carbocycles. The Morgan fingerprint density at radius 2 is 1.71 bits per heavy atom. The van der Waals surface area contributed by atoms with Crippen LogP contribution in [0.25, 0.3) is 0 Å². The molecule has 2 rings (SSSR count). The summed E-state index contributed by atoms with van der Waals surface area (Å²) < 4.78 is 0. The zero-order chi connectivity index (χ0) is 10.2. The lowest BCUT2D eigenvalue weighted by molar-refractivity contribution is -0.0204. The predicted octanol–water partition coefficient (Wildman–Crippen LogP) is 4.64. The van der Waals surface area contributed by atoms with Gasteiger partial charge in [-0.2, -0.15) is 0 Å². The van der Waals surface area contributed by atoms with E-state index in [1.807, 2.05) is 0 Å². The first kappa shape index (κ1) is 10.5. The van der Waals surface area contributed by atoms with Gasteiger partial charge in [0.2, 0.25) is 0 Å². The van der Waals surface area contributed by atoms with E-state index in [0.717, 1.165) is 23.2 Å². The van der Waals surface area contributed by atoms with Crippen molar-refractivity contribution in [3.63, 3.8) is 0 Å². The number of hydrogen-bond donors (Lipinski definition) is 0. The SMILES string of the molecule is CCC1CCC2(CC1)CC(C(C)C)C2. The number of rotatable bonds is 2. The van der Waals surface area contributed by atoms with E-state index in [1.165, 1.54) is 19.3 Å². The second kappa shape index (κ2) is 3.87. The van der Waals surface area contributed by atoms with Crippen LogP contribution in [0.5, 0.6) is 0 Å². The van der Waals surface area contributed by atoms with Crippen molar-refractivity contribution in [2.24, 2.45) is 23.2 Å². The van der Waals surface area contributed by atoms with E-state index in [1.54, 1.807) is 25.7 Å². The molecule has 0 unspecified atom stereocenters. The molecule has 14 heavy (non-hydrogen) atoms. The Balaban J connectivity index is 1.80. The average Bonchev–Trinajstić information content (AvgIpc) is 2.14. The van der Waals surface area contributed by atoms with Crippen molar-refractivity contribution in [1.29, 1.82) is 0 Å². The maximum absolute atomic E-state index is 2.40. The van der Waals surface area contributed by atoms with E-state index in [4.69, 9.17) is 0 Å². The van der Waals surface area contributed by atoms with Gasteiger partial charge in [0.15, 0.2) is 0 Å². The molecule has 0 bridgehead atoms. The van der Waals surface area contributed by atoms with Crippen LogP contribution in [0, 0.1) is 23.2 Å². The van der Waals surface area contributed by atoms with Crippen molar-refractivity contribution in [1.82, 2.24) is 0 Å². The van der Waals surface area contributed by atoms with Crippen molar-refractivity contribution < 1.29 is 0 Å². The van der Waals surface area contributed by atoms with Crippen LogP contribution < -0.4 is 0 Å². The summed E-state index contributed by atoms with van der Waals surface area (Å²) in [5, 5.41) is 0. The van der Waals surface area contributed by atoms with Crippen molar-refractivity contribution in [3.05, 3.63) is 0 Å². The van der Waals surface area contributed by atoms with E-state index in [9.17, 15) is 0 Å². The van der Waals surface area contributed by atoms with Gasteiger partial charge < -0.3 is 0 Å². The van der Waals surface area contributed by atoms with Crippen LogP contribution in [-0.4, -0.2) is 0 Å². The molecule has 2 saturated carbocycles. The third kappa shape index (κ3) is 1.85. The molecular formula is C14H26. The second-order valence-corrected chi connectivity index (χ2v) is 6.26. The van der Waals surface area contributed by atoms with Gasteiger partial charge in [-0.1, -0.05) is 27.2 Å². The minimum atomic E-state index is 0.834. The molecule has 2 fully saturated rings. The highest BCUT2D eigenvalue weighted by molar-refractivity contribution is 4.97. The normalized spacial score (nSPS) is 42.9. The summed E-state index contributed by atoms with van der Waals surface area (Å²) in [5.74, 6) is 3.07. The largest absolute Gasteiger partial charge is 0.0651 e. The van der Waals surface area contributed by atoms with Crippen LogP contribution in [0.2, 0.25) is 0 Å². The van der Waals surface area contributed by atoms with Gasteiger partial charge in [-0.3, -0.25) is 0 Å². The molecule has 0 radical (unpaired) electrons. The van der Waals surface area contributed by atoms with Crippen LogP contribution in [0.4, 0.5) is 0 Å². The molecule has 0 heteroatoms. The van der Waals surface area contributed by atoms with Gasteiger partial charge in [0.05, 0.1) is 0 Å². The molecule has 0 heterocycles. The summed E-state index contributed by atoms with van der Waals surface area (Å²) in [5.41, 5.74) is 0.834. The first-order valence-corrected chi connectivity index (χ1v) is 6.65. The van der Waals surface area contributed by atoms with Gasteiger partial charge in [-0.25, -0.2) is 0 Å². The Kier molecular flexibility index (Phi) is 2.91. The van der Waals surface area contributed by atoms with E-state index in [2.05, 4.69) is 20.8 Å². The lowest BCUT2D eigenvalue weighted by Crippen LogP contribution is -2.42. The van der Waals surface area contributed by atoms with Crippen LogP contribution in [0.1, 0.15) is 65.7 Å². The van der Waals surface area contributed by atoms with E-state index < -0.39 is 0 Å². The van der Waals surface area contributed by atoms with Crippen molar-refractivity contribution in [3.8, 4) is 0 Å². The minimum absolute atomic E-state index is 0.834. The maximum Gasteiger partial charge on any atom is -0.0292 e. The molecule has 82 valence electrons. The molecule has 0 atom stereocenters. The fraction of sp³-hybridized carbons (Fsp3) is 1.00. The smallest absolute Gasteiger partial charge is 0.0292 e. The first-order chi connectivity index (χ1) is 6.65. The van der Waals surface area contributed by atoms with Crippen molar-refractivity contribution >= 4 is 0 Å². The van der Waals surface area contributed by atoms with Gasteiger partial charge in [-0.05, 0) is 61.7 Å².